The fourth-order valence-electron chi connectivity index (χ4n) is 1.39. The lowest BCUT2D eigenvalue weighted by Crippen LogP contribution is -2.35. The third-order valence-electron chi connectivity index (χ3n) is 2.36. The van der Waals surface area contributed by atoms with Gasteiger partial charge in [-0.25, -0.2) is 0 Å². The number of aliphatic hydroxyl groups excluding tert-OH is 1. The third-order valence-corrected chi connectivity index (χ3v) is 2.36. The molecule has 0 aromatic carbocycles. The monoisotopic (exact) mass is 240 g/mol. The Labute approximate surface area is 98.3 Å². The average Bonchev–Trinajstić information content (AvgIpc) is 2.30. The van der Waals surface area contributed by atoms with Gasteiger partial charge >= 0.3 is 0 Å². The number of nitrogens with zero attached hydrogens (tertiary/aromatic N) is 1. The summed E-state index contributed by atoms with van der Waals surface area (Å²) in [6, 6.07) is 0.503. The molecule has 6 heteroatoms. The van der Waals surface area contributed by atoms with Gasteiger partial charge in [0.15, 0.2) is 11.5 Å². The van der Waals surface area contributed by atoms with E-state index in [9.17, 15) is 14.7 Å². The van der Waals surface area contributed by atoms with Gasteiger partial charge in [0.1, 0.15) is 0 Å². The number of carbonyl (C=O) groups is 1. The largest absolute Gasteiger partial charge is 0.503 e. The SMILES string of the molecule is N[C@@H](Cn1ccc(=O)c(O)c1)C(=O)CCCO. The first-order chi connectivity index (χ1) is 8.04. The van der Waals surface area contributed by atoms with Gasteiger partial charge in [-0.05, 0) is 6.42 Å². The molecule has 4 N–H and O–H groups in total. The van der Waals surface area contributed by atoms with Crippen LogP contribution >= 0.6 is 0 Å². The summed E-state index contributed by atoms with van der Waals surface area (Å²) in [6.07, 6.45) is 3.31. The topological polar surface area (TPSA) is 106 Å². The molecule has 94 valence electrons. The van der Waals surface area contributed by atoms with Crippen molar-refractivity contribution in [1.29, 1.82) is 0 Å². The van der Waals surface area contributed by atoms with E-state index in [0.717, 1.165) is 0 Å². The molecule has 1 aromatic rings. The lowest BCUT2D eigenvalue weighted by Gasteiger charge is -2.12. The molecule has 17 heavy (non-hydrogen) atoms. The van der Waals surface area contributed by atoms with Gasteiger partial charge in [0, 0.05) is 38.0 Å². The second-order valence-electron chi connectivity index (χ2n) is 3.79. The lowest BCUT2D eigenvalue weighted by atomic mass is 10.1. The van der Waals surface area contributed by atoms with Crippen LogP contribution in [0.3, 0.4) is 0 Å². The summed E-state index contributed by atoms with van der Waals surface area (Å²) in [5.41, 5.74) is 5.20. The van der Waals surface area contributed by atoms with E-state index >= 15 is 0 Å². The quantitative estimate of drug-likeness (QED) is 0.605. The van der Waals surface area contributed by atoms with E-state index in [1.165, 1.54) is 23.0 Å². The summed E-state index contributed by atoms with van der Waals surface area (Å²) in [5, 5.41) is 17.8. The Balaban J connectivity index is 2.61. The minimum absolute atomic E-state index is 0.0444. The summed E-state index contributed by atoms with van der Waals surface area (Å²) in [4.78, 5) is 22.4. The number of ketones is 1. The molecule has 0 bridgehead atoms. The average molecular weight is 240 g/mol. The summed E-state index contributed by atoms with van der Waals surface area (Å²) < 4.78 is 1.48. The van der Waals surface area contributed by atoms with Crippen LogP contribution in [-0.2, 0) is 11.3 Å². The van der Waals surface area contributed by atoms with Crippen molar-refractivity contribution in [2.24, 2.45) is 5.73 Å². The minimum atomic E-state index is -0.705. The molecule has 0 amide bonds. The molecule has 0 aliphatic heterocycles. The molecule has 0 fully saturated rings. The van der Waals surface area contributed by atoms with E-state index < -0.39 is 11.5 Å². The standard InChI is InChI=1S/C11H16N2O4/c12-8(9(15)2-1-5-14)6-13-4-3-10(16)11(17)7-13/h3-4,7-8,14,17H,1-2,5-6,12H2/t8-/m0/s1. The molecule has 0 aliphatic rings. The number of Topliss-reactive ketones (excluding diaryl/α,β-unsaturated/α-hetero) is 1. The predicted octanol–water partition coefficient (Wildman–Crippen LogP) is -0.777. The Kier molecular flexibility index (Phi) is 4.86. The van der Waals surface area contributed by atoms with E-state index in [1.807, 2.05) is 0 Å². The van der Waals surface area contributed by atoms with Crippen molar-refractivity contribution in [3.8, 4) is 5.75 Å². The van der Waals surface area contributed by atoms with Crippen molar-refractivity contribution < 1.29 is 15.0 Å². The van der Waals surface area contributed by atoms with Crippen molar-refractivity contribution in [2.75, 3.05) is 6.61 Å². The highest BCUT2D eigenvalue weighted by molar-refractivity contribution is 5.83. The fraction of sp³-hybridized carbons (Fsp3) is 0.455. The van der Waals surface area contributed by atoms with Gasteiger partial charge in [-0.1, -0.05) is 0 Å². The molecule has 0 unspecified atom stereocenters. The number of pyridine rings is 1. The van der Waals surface area contributed by atoms with Crippen LogP contribution in [0.2, 0.25) is 0 Å². The highest BCUT2D eigenvalue weighted by Gasteiger charge is 2.13. The number of carbonyl (C=O) groups excluding carboxylic acids is 1. The van der Waals surface area contributed by atoms with Crippen molar-refractivity contribution in [3.63, 3.8) is 0 Å². The molecule has 0 saturated carbocycles. The normalized spacial score (nSPS) is 12.4. The van der Waals surface area contributed by atoms with E-state index in [4.69, 9.17) is 10.8 Å². The van der Waals surface area contributed by atoms with E-state index in [0.29, 0.717) is 6.42 Å². The molecule has 6 nitrogen and oxygen atoms in total. The Morgan fingerprint density at radius 1 is 1.53 bits per heavy atom. The predicted molar refractivity (Wildman–Crippen MR) is 61.7 cm³/mol. The molecular formula is C11H16N2O4. The molecule has 0 saturated heterocycles. The minimum Gasteiger partial charge on any atom is -0.503 e. The van der Waals surface area contributed by atoms with Gasteiger partial charge in [0.2, 0.25) is 5.43 Å². The molecule has 0 aliphatic carbocycles. The van der Waals surface area contributed by atoms with Crippen LogP contribution in [-0.4, -0.2) is 33.2 Å². The molecular weight excluding hydrogens is 224 g/mol. The van der Waals surface area contributed by atoms with Crippen LogP contribution < -0.4 is 11.2 Å². The van der Waals surface area contributed by atoms with Gasteiger partial charge in [0.05, 0.1) is 6.04 Å². The first-order valence-electron chi connectivity index (χ1n) is 5.33. The van der Waals surface area contributed by atoms with Gasteiger partial charge in [-0.15, -0.1) is 0 Å². The Hall–Kier alpha value is -1.66. The molecule has 0 radical (unpaired) electrons. The number of aromatic nitrogens is 1. The van der Waals surface area contributed by atoms with Crippen LogP contribution in [0, 0.1) is 0 Å². The van der Waals surface area contributed by atoms with Crippen molar-refractivity contribution in [3.05, 3.63) is 28.7 Å². The van der Waals surface area contributed by atoms with Crippen LogP contribution in [0.5, 0.6) is 5.75 Å². The maximum atomic E-state index is 11.5. The van der Waals surface area contributed by atoms with Crippen LogP contribution in [0.15, 0.2) is 23.3 Å². The van der Waals surface area contributed by atoms with Crippen LogP contribution in [0.25, 0.3) is 0 Å². The number of nitrogens with two attached hydrogens (primary N) is 1. The summed E-state index contributed by atoms with van der Waals surface area (Å²) in [5.74, 6) is -0.528. The third kappa shape index (κ3) is 4.01. The van der Waals surface area contributed by atoms with Crippen molar-refractivity contribution in [2.45, 2.75) is 25.4 Å². The van der Waals surface area contributed by atoms with Gasteiger partial charge < -0.3 is 20.5 Å². The lowest BCUT2D eigenvalue weighted by molar-refractivity contribution is -0.120. The molecule has 1 heterocycles. The maximum absolute atomic E-state index is 11.5. The van der Waals surface area contributed by atoms with Crippen molar-refractivity contribution >= 4 is 5.78 Å². The summed E-state index contributed by atoms with van der Waals surface area (Å²) in [7, 11) is 0. The molecule has 0 spiro atoms. The number of hydrogen-bond acceptors (Lipinski definition) is 5. The second-order valence-corrected chi connectivity index (χ2v) is 3.79. The van der Waals surface area contributed by atoms with Gasteiger partial charge in [-0.3, -0.25) is 9.59 Å². The number of hydrogen-bond donors (Lipinski definition) is 3. The van der Waals surface area contributed by atoms with Gasteiger partial charge in [-0.2, -0.15) is 0 Å². The number of aliphatic hydroxyl groups is 1. The number of aromatic hydroxyl groups is 1. The van der Waals surface area contributed by atoms with Crippen LogP contribution in [0.4, 0.5) is 0 Å². The first-order valence-corrected chi connectivity index (χ1v) is 5.33. The Morgan fingerprint density at radius 2 is 2.24 bits per heavy atom. The van der Waals surface area contributed by atoms with E-state index in [1.54, 1.807) is 0 Å². The zero-order valence-corrected chi connectivity index (χ0v) is 9.37. The zero-order valence-electron chi connectivity index (χ0n) is 9.37. The maximum Gasteiger partial charge on any atom is 0.223 e. The second kappa shape index (κ2) is 6.17. The van der Waals surface area contributed by atoms with Gasteiger partial charge in [0.25, 0.3) is 0 Å². The molecule has 1 atom stereocenters. The highest BCUT2D eigenvalue weighted by atomic mass is 16.3. The fourth-order valence-corrected chi connectivity index (χ4v) is 1.39. The molecule has 1 aromatic heterocycles. The Bertz CT molecular complexity index is 441. The molecule has 1 rings (SSSR count). The van der Waals surface area contributed by atoms with Crippen LogP contribution in [0.1, 0.15) is 12.8 Å². The van der Waals surface area contributed by atoms with E-state index in [2.05, 4.69) is 0 Å². The highest BCUT2D eigenvalue weighted by Crippen LogP contribution is 2.02. The zero-order chi connectivity index (χ0) is 12.8. The summed E-state index contributed by atoms with van der Waals surface area (Å²) in [6.45, 7) is 0.148. The smallest absolute Gasteiger partial charge is 0.223 e. The summed E-state index contributed by atoms with van der Waals surface area (Å²) >= 11 is 0. The van der Waals surface area contributed by atoms with Crippen molar-refractivity contribution in [1.82, 2.24) is 4.57 Å². The first kappa shape index (κ1) is 13.4. The Morgan fingerprint density at radius 3 is 2.82 bits per heavy atom. The number of rotatable bonds is 6. The van der Waals surface area contributed by atoms with E-state index in [-0.39, 0.29) is 31.1 Å².